The van der Waals surface area contributed by atoms with Crippen LogP contribution in [0.5, 0.6) is 0 Å². The fourth-order valence-electron chi connectivity index (χ4n) is 8.75. The Morgan fingerprint density at radius 1 is 0.455 bits per heavy atom. The highest BCUT2D eigenvalue weighted by molar-refractivity contribution is 5.77. The molecule has 66 heavy (non-hydrogen) atoms. The van der Waals surface area contributed by atoms with Gasteiger partial charge in [-0.1, -0.05) is 249 Å². The Morgan fingerprint density at radius 2 is 0.818 bits per heavy atom. The first-order valence-electron chi connectivity index (χ1n) is 28.9. The minimum atomic E-state index is -0.794. The Kier molecular flexibility index (Phi) is 52.0. The zero-order valence-electron chi connectivity index (χ0n) is 44.1. The van der Waals surface area contributed by atoms with Crippen molar-refractivity contribution in [1.82, 2.24) is 5.32 Å². The van der Waals surface area contributed by atoms with Gasteiger partial charge in [0, 0.05) is 6.42 Å². The van der Waals surface area contributed by atoms with Gasteiger partial charge in [-0.3, -0.25) is 9.59 Å². The number of hydrogen-bond donors (Lipinski definition) is 3. The van der Waals surface area contributed by atoms with E-state index >= 15 is 0 Å². The van der Waals surface area contributed by atoms with Crippen LogP contribution < -0.4 is 5.32 Å². The first kappa shape index (κ1) is 63.8. The molecular formula is C60H111NO5. The van der Waals surface area contributed by atoms with E-state index in [0.717, 1.165) is 83.5 Å². The van der Waals surface area contributed by atoms with Crippen LogP contribution in [0.15, 0.2) is 48.6 Å². The van der Waals surface area contributed by atoms with Crippen LogP contribution in [-0.4, -0.2) is 46.9 Å². The summed E-state index contributed by atoms with van der Waals surface area (Å²) in [5.41, 5.74) is 0. The normalized spacial score (nSPS) is 13.5. The van der Waals surface area contributed by atoms with E-state index in [4.69, 9.17) is 4.74 Å². The second-order valence-electron chi connectivity index (χ2n) is 19.7. The van der Waals surface area contributed by atoms with Gasteiger partial charge < -0.3 is 20.3 Å². The number of esters is 1. The van der Waals surface area contributed by atoms with E-state index in [1.807, 2.05) is 0 Å². The van der Waals surface area contributed by atoms with Crippen LogP contribution in [0.2, 0.25) is 0 Å². The molecule has 386 valence electrons. The highest BCUT2D eigenvalue weighted by Crippen LogP contribution is 2.18. The lowest BCUT2D eigenvalue weighted by atomic mass is 10.0. The molecular weight excluding hydrogens is 815 g/mol. The molecule has 0 aliphatic heterocycles. The van der Waals surface area contributed by atoms with Gasteiger partial charge in [-0.2, -0.15) is 0 Å². The van der Waals surface area contributed by atoms with Crippen LogP contribution in [0.1, 0.15) is 297 Å². The number of aliphatic hydroxyl groups is 2. The van der Waals surface area contributed by atoms with Crippen molar-refractivity contribution in [3.63, 3.8) is 0 Å². The molecule has 0 heterocycles. The average molecular weight is 927 g/mol. The van der Waals surface area contributed by atoms with Crippen LogP contribution in [0.4, 0.5) is 0 Å². The van der Waals surface area contributed by atoms with Crippen molar-refractivity contribution in [2.45, 2.75) is 315 Å². The molecule has 0 saturated heterocycles. The number of allylic oxidation sites excluding steroid dienone is 8. The largest absolute Gasteiger partial charge is 0.462 e. The lowest BCUT2D eigenvalue weighted by Crippen LogP contribution is -2.46. The maximum Gasteiger partial charge on any atom is 0.306 e. The number of carbonyl (C=O) groups excluding carboxylic acids is 2. The topological polar surface area (TPSA) is 95.9 Å². The van der Waals surface area contributed by atoms with Crippen molar-refractivity contribution in [3.05, 3.63) is 48.6 Å². The predicted molar refractivity (Wildman–Crippen MR) is 287 cm³/mol. The molecule has 6 nitrogen and oxygen atoms in total. The van der Waals surface area contributed by atoms with E-state index in [2.05, 4.69) is 74.7 Å². The van der Waals surface area contributed by atoms with E-state index < -0.39 is 18.2 Å². The molecule has 0 radical (unpaired) electrons. The SMILES string of the molecule is CCCCC/C=C\C/C=C\CCCCCCCCCCCC(=O)OC(CCCCCC/C=C/C=C/CCCCC)CC(=O)NC(CO)C(O)CCCCCCCCCCCCCCCCC. The van der Waals surface area contributed by atoms with Crippen molar-refractivity contribution < 1.29 is 24.5 Å². The lowest BCUT2D eigenvalue weighted by Gasteiger charge is -2.24. The Balaban J connectivity index is 4.52. The van der Waals surface area contributed by atoms with Crippen molar-refractivity contribution in [2.24, 2.45) is 0 Å². The van der Waals surface area contributed by atoms with Crippen molar-refractivity contribution >= 4 is 11.9 Å². The molecule has 0 aromatic rings. The van der Waals surface area contributed by atoms with Gasteiger partial charge in [0.1, 0.15) is 6.10 Å². The maximum absolute atomic E-state index is 13.3. The second-order valence-corrected chi connectivity index (χ2v) is 19.7. The first-order valence-corrected chi connectivity index (χ1v) is 28.9. The molecule has 3 N–H and O–H groups in total. The Labute approximate surface area is 410 Å². The third-order valence-electron chi connectivity index (χ3n) is 13.2. The number of ether oxygens (including phenoxy) is 1. The van der Waals surface area contributed by atoms with Crippen LogP contribution in [-0.2, 0) is 14.3 Å². The number of unbranched alkanes of at least 4 members (excludes halogenated alkanes) is 33. The Morgan fingerprint density at radius 3 is 1.27 bits per heavy atom. The molecule has 0 aliphatic rings. The molecule has 0 aromatic carbocycles. The van der Waals surface area contributed by atoms with Crippen LogP contribution in [0, 0.1) is 0 Å². The number of nitrogens with one attached hydrogen (secondary N) is 1. The second kappa shape index (κ2) is 53.8. The summed E-state index contributed by atoms with van der Waals surface area (Å²) in [5.74, 6) is -0.489. The number of rotatable bonds is 52. The van der Waals surface area contributed by atoms with Gasteiger partial charge in [-0.05, 0) is 83.5 Å². The molecule has 0 aromatic heterocycles. The molecule has 0 spiro atoms. The number of aliphatic hydroxyl groups excluding tert-OH is 2. The molecule has 0 saturated carbocycles. The summed E-state index contributed by atoms with van der Waals surface area (Å²) in [6.07, 6.45) is 66.0. The Bertz CT molecular complexity index is 1130. The number of carbonyl (C=O) groups is 2. The van der Waals surface area contributed by atoms with Gasteiger partial charge in [0.2, 0.25) is 5.91 Å². The molecule has 1 amide bonds. The van der Waals surface area contributed by atoms with E-state index in [1.165, 1.54) is 167 Å². The van der Waals surface area contributed by atoms with Crippen molar-refractivity contribution in [2.75, 3.05) is 6.61 Å². The molecule has 3 atom stereocenters. The standard InChI is InChI=1S/C60H111NO5/c1-4-7-10-13-16-19-22-25-27-28-29-30-32-35-38-41-44-47-50-53-60(65)66-56(51-48-45-42-39-36-33-24-21-18-15-12-9-6-3)54-59(64)61-57(55-62)58(63)52-49-46-43-40-37-34-31-26-23-20-17-14-11-8-5-2/h16,18-19,21,24-25,27,33,56-58,62-63H,4-15,17,20,22-23,26,28-32,34-55H2,1-3H3,(H,61,64)/b19-16-,21-18+,27-25-,33-24+. The quantitative estimate of drug-likeness (QED) is 0.0244. The summed E-state index contributed by atoms with van der Waals surface area (Å²) in [5, 5.41) is 23.9. The predicted octanol–water partition coefficient (Wildman–Crippen LogP) is 17.8. The van der Waals surface area contributed by atoms with Gasteiger partial charge >= 0.3 is 5.97 Å². The highest BCUT2D eigenvalue weighted by Gasteiger charge is 2.24. The van der Waals surface area contributed by atoms with Crippen LogP contribution >= 0.6 is 0 Å². The molecule has 3 unspecified atom stereocenters. The molecule has 0 aliphatic carbocycles. The van der Waals surface area contributed by atoms with Gasteiger partial charge in [0.05, 0.1) is 25.2 Å². The molecule has 6 heteroatoms. The summed E-state index contributed by atoms with van der Waals surface area (Å²) >= 11 is 0. The monoisotopic (exact) mass is 926 g/mol. The third-order valence-corrected chi connectivity index (χ3v) is 13.2. The first-order chi connectivity index (χ1) is 32.5. The summed E-state index contributed by atoms with van der Waals surface area (Å²) in [6, 6.07) is -0.709. The Hall–Kier alpha value is -2.18. The van der Waals surface area contributed by atoms with Crippen LogP contribution in [0.25, 0.3) is 0 Å². The summed E-state index contributed by atoms with van der Waals surface area (Å²) in [7, 11) is 0. The van der Waals surface area contributed by atoms with E-state index in [1.54, 1.807) is 0 Å². The minimum absolute atomic E-state index is 0.0636. The zero-order chi connectivity index (χ0) is 48.1. The summed E-state index contributed by atoms with van der Waals surface area (Å²) < 4.78 is 5.95. The fourth-order valence-corrected chi connectivity index (χ4v) is 8.75. The van der Waals surface area contributed by atoms with Gasteiger partial charge in [-0.15, -0.1) is 0 Å². The third kappa shape index (κ3) is 48.3. The highest BCUT2D eigenvalue weighted by atomic mass is 16.5. The van der Waals surface area contributed by atoms with Crippen molar-refractivity contribution in [3.8, 4) is 0 Å². The number of amides is 1. The maximum atomic E-state index is 13.3. The molecule has 0 bridgehead atoms. The summed E-state index contributed by atoms with van der Waals surface area (Å²) in [4.78, 5) is 26.3. The van der Waals surface area contributed by atoms with Gasteiger partial charge in [0.25, 0.3) is 0 Å². The van der Waals surface area contributed by atoms with Crippen molar-refractivity contribution in [1.29, 1.82) is 0 Å². The van der Waals surface area contributed by atoms with E-state index in [9.17, 15) is 19.8 Å². The minimum Gasteiger partial charge on any atom is -0.462 e. The van der Waals surface area contributed by atoms with Gasteiger partial charge in [0.15, 0.2) is 0 Å². The lowest BCUT2D eigenvalue weighted by molar-refractivity contribution is -0.151. The van der Waals surface area contributed by atoms with Crippen LogP contribution in [0.3, 0.4) is 0 Å². The summed E-state index contributed by atoms with van der Waals surface area (Å²) in [6.45, 7) is 6.45. The fraction of sp³-hybridized carbons (Fsp3) is 0.833. The van der Waals surface area contributed by atoms with E-state index in [0.29, 0.717) is 19.3 Å². The average Bonchev–Trinajstić information content (AvgIpc) is 3.31. The number of hydrogen-bond acceptors (Lipinski definition) is 5. The van der Waals surface area contributed by atoms with E-state index in [-0.39, 0.29) is 24.9 Å². The smallest absolute Gasteiger partial charge is 0.306 e. The van der Waals surface area contributed by atoms with Gasteiger partial charge in [-0.25, -0.2) is 0 Å². The zero-order valence-corrected chi connectivity index (χ0v) is 44.1. The molecule has 0 rings (SSSR count). The molecule has 0 fully saturated rings.